The molecule has 2 aromatic rings. The molecule has 1 unspecified atom stereocenters. The SMILES string of the molecule is Cc1ccc(Oc2cc(F)cc(P)c2)cc1F. The Morgan fingerprint density at radius 1 is 1.00 bits per heavy atom. The summed E-state index contributed by atoms with van der Waals surface area (Å²) < 4.78 is 31.8. The normalized spacial score (nSPS) is 10.4. The Bertz CT molecular complexity index is 535. The van der Waals surface area contributed by atoms with E-state index in [-0.39, 0.29) is 11.6 Å². The van der Waals surface area contributed by atoms with Crippen LogP contribution >= 0.6 is 9.24 Å². The number of hydrogen-bond donors (Lipinski definition) is 0. The topological polar surface area (TPSA) is 9.23 Å². The highest BCUT2D eigenvalue weighted by molar-refractivity contribution is 7.27. The van der Waals surface area contributed by atoms with Crippen molar-refractivity contribution in [1.82, 2.24) is 0 Å². The van der Waals surface area contributed by atoms with Gasteiger partial charge in [0.2, 0.25) is 0 Å². The van der Waals surface area contributed by atoms with Crippen molar-refractivity contribution in [3.63, 3.8) is 0 Å². The molecule has 1 nitrogen and oxygen atoms in total. The summed E-state index contributed by atoms with van der Waals surface area (Å²) in [6, 6.07) is 8.82. The van der Waals surface area contributed by atoms with Crippen LogP contribution in [-0.2, 0) is 0 Å². The van der Waals surface area contributed by atoms with Crippen molar-refractivity contribution in [2.24, 2.45) is 0 Å². The molecule has 0 fully saturated rings. The first kappa shape index (κ1) is 12.0. The second-order valence-electron chi connectivity index (χ2n) is 3.73. The van der Waals surface area contributed by atoms with Gasteiger partial charge < -0.3 is 4.74 Å². The summed E-state index contributed by atoms with van der Waals surface area (Å²) >= 11 is 0. The molecule has 0 aromatic heterocycles. The molecule has 0 saturated carbocycles. The minimum atomic E-state index is -0.389. The van der Waals surface area contributed by atoms with E-state index in [1.807, 2.05) is 0 Å². The summed E-state index contributed by atoms with van der Waals surface area (Å²) in [5.41, 5.74) is 0.545. The third-order valence-electron chi connectivity index (χ3n) is 2.27. The van der Waals surface area contributed by atoms with Crippen LogP contribution in [0.2, 0.25) is 0 Å². The van der Waals surface area contributed by atoms with Gasteiger partial charge >= 0.3 is 0 Å². The molecular weight excluding hydrogens is 241 g/mol. The van der Waals surface area contributed by atoms with E-state index in [1.54, 1.807) is 25.1 Å². The lowest BCUT2D eigenvalue weighted by Gasteiger charge is -2.07. The third kappa shape index (κ3) is 3.01. The highest BCUT2D eigenvalue weighted by atomic mass is 31.0. The van der Waals surface area contributed by atoms with E-state index < -0.39 is 0 Å². The van der Waals surface area contributed by atoms with E-state index in [1.165, 1.54) is 18.2 Å². The van der Waals surface area contributed by atoms with Crippen molar-refractivity contribution in [3.05, 3.63) is 53.6 Å². The standard InChI is InChI=1S/C13H11F2OP/c1-8-2-3-10(7-13(8)15)16-11-4-9(14)5-12(17)6-11/h2-7H,17H2,1H3. The molecule has 0 aliphatic rings. The zero-order valence-corrected chi connectivity index (χ0v) is 10.4. The minimum absolute atomic E-state index is 0.343. The maximum Gasteiger partial charge on any atom is 0.130 e. The predicted octanol–water partition coefficient (Wildman–Crippen LogP) is 3.57. The lowest BCUT2D eigenvalue weighted by Crippen LogP contribution is -1.95. The largest absolute Gasteiger partial charge is 0.457 e. The van der Waals surface area contributed by atoms with Crippen molar-refractivity contribution in [3.8, 4) is 11.5 Å². The monoisotopic (exact) mass is 252 g/mol. The van der Waals surface area contributed by atoms with E-state index >= 15 is 0 Å². The van der Waals surface area contributed by atoms with Crippen LogP contribution in [0.1, 0.15) is 5.56 Å². The van der Waals surface area contributed by atoms with Gasteiger partial charge in [-0.05, 0) is 36.0 Å². The first-order chi connectivity index (χ1) is 8.04. The number of aryl methyl sites for hydroxylation is 1. The van der Waals surface area contributed by atoms with E-state index in [4.69, 9.17) is 4.74 Å². The number of hydrogen-bond acceptors (Lipinski definition) is 1. The molecule has 0 bridgehead atoms. The molecule has 0 heterocycles. The molecule has 0 spiro atoms. The van der Waals surface area contributed by atoms with Gasteiger partial charge in [-0.3, -0.25) is 0 Å². The zero-order valence-electron chi connectivity index (χ0n) is 9.21. The second-order valence-corrected chi connectivity index (χ2v) is 4.40. The Morgan fingerprint density at radius 3 is 2.41 bits per heavy atom. The number of ether oxygens (including phenoxy) is 1. The highest BCUT2D eigenvalue weighted by Gasteiger charge is 2.03. The molecular formula is C13H11F2OP. The van der Waals surface area contributed by atoms with Crippen LogP contribution in [0.3, 0.4) is 0 Å². The van der Waals surface area contributed by atoms with Gasteiger partial charge in [0.05, 0.1) is 0 Å². The van der Waals surface area contributed by atoms with Crippen LogP contribution in [0.5, 0.6) is 11.5 Å². The molecule has 0 aliphatic heterocycles. The van der Waals surface area contributed by atoms with Gasteiger partial charge in [0, 0.05) is 12.1 Å². The van der Waals surface area contributed by atoms with Crippen LogP contribution < -0.4 is 10.0 Å². The van der Waals surface area contributed by atoms with Crippen molar-refractivity contribution in [2.75, 3.05) is 0 Å². The number of rotatable bonds is 2. The average molecular weight is 252 g/mol. The summed E-state index contributed by atoms with van der Waals surface area (Å²) in [5.74, 6) is -0.0357. The first-order valence-corrected chi connectivity index (χ1v) is 5.62. The van der Waals surface area contributed by atoms with Crippen LogP contribution in [-0.4, -0.2) is 0 Å². The van der Waals surface area contributed by atoms with Crippen molar-refractivity contribution >= 4 is 14.5 Å². The summed E-state index contributed by atoms with van der Waals surface area (Å²) in [6.07, 6.45) is 0. The smallest absolute Gasteiger partial charge is 0.130 e. The van der Waals surface area contributed by atoms with Crippen LogP contribution in [0.15, 0.2) is 36.4 Å². The summed E-state index contributed by atoms with van der Waals surface area (Å²) in [7, 11) is 2.39. The molecule has 2 rings (SSSR count). The van der Waals surface area contributed by atoms with Gasteiger partial charge in [-0.25, -0.2) is 8.78 Å². The van der Waals surface area contributed by atoms with E-state index in [0.717, 1.165) is 0 Å². The van der Waals surface area contributed by atoms with Crippen molar-refractivity contribution in [1.29, 1.82) is 0 Å². The number of benzene rings is 2. The predicted molar refractivity (Wildman–Crippen MR) is 67.0 cm³/mol. The quantitative estimate of drug-likeness (QED) is 0.742. The zero-order chi connectivity index (χ0) is 12.4. The molecule has 0 aliphatic carbocycles. The first-order valence-electron chi connectivity index (χ1n) is 5.04. The summed E-state index contributed by atoms with van der Waals surface area (Å²) in [5, 5.41) is 0.674. The molecule has 0 amide bonds. The maximum absolute atomic E-state index is 13.3. The van der Waals surface area contributed by atoms with Gasteiger partial charge in [-0.1, -0.05) is 6.07 Å². The molecule has 0 saturated heterocycles. The second kappa shape index (κ2) is 4.80. The molecule has 0 N–H and O–H groups in total. The van der Waals surface area contributed by atoms with Crippen LogP contribution in [0.25, 0.3) is 0 Å². The highest BCUT2D eigenvalue weighted by Crippen LogP contribution is 2.23. The molecule has 0 radical (unpaired) electrons. The van der Waals surface area contributed by atoms with E-state index in [0.29, 0.717) is 22.4 Å². The Kier molecular flexibility index (Phi) is 3.39. The fourth-order valence-corrected chi connectivity index (χ4v) is 1.74. The molecule has 1 atom stereocenters. The summed E-state index contributed by atoms with van der Waals surface area (Å²) in [4.78, 5) is 0. The Morgan fingerprint density at radius 2 is 1.76 bits per heavy atom. The Labute approximate surface area is 101 Å². The third-order valence-corrected chi connectivity index (χ3v) is 2.61. The minimum Gasteiger partial charge on any atom is -0.457 e. The Hall–Kier alpha value is -1.47. The summed E-state index contributed by atoms with van der Waals surface area (Å²) in [6.45, 7) is 1.67. The average Bonchev–Trinajstić information content (AvgIpc) is 2.22. The molecule has 4 heteroatoms. The van der Waals surface area contributed by atoms with Gasteiger partial charge in [0.1, 0.15) is 23.1 Å². The van der Waals surface area contributed by atoms with Gasteiger partial charge in [0.15, 0.2) is 0 Å². The van der Waals surface area contributed by atoms with Gasteiger partial charge in [-0.2, -0.15) is 0 Å². The fraction of sp³-hybridized carbons (Fsp3) is 0.0769. The van der Waals surface area contributed by atoms with Gasteiger partial charge in [-0.15, -0.1) is 9.24 Å². The molecule has 88 valence electrons. The molecule has 17 heavy (non-hydrogen) atoms. The van der Waals surface area contributed by atoms with E-state index in [2.05, 4.69) is 9.24 Å². The molecule has 2 aromatic carbocycles. The lowest BCUT2D eigenvalue weighted by molar-refractivity contribution is 0.471. The fourth-order valence-electron chi connectivity index (χ4n) is 1.42. The Balaban J connectivity index is 2.28. The number of halogens is 2. The van der Waals surface area contributed by atoms with Crippen LogP contribution in [0, 0.1) is 18.6 Å². The van der Waals surface area contributed by atoms with E-state index in [9.17, 15) is 8.78 Å². The maximum atomic E-state index is 13.3. The lowest BCUT2D eigenvalue weighted by atomic mass is 10.2. The van der Waals surface area contributed by atoms with Crippen molar-refractivity contribution < 1.29 is 13.5 Å². The van der Waals surface area contributed by atoms with Crippen molar-refractivity contribution in [2.45, 2.75) is 6.92 Å². The van der Waals surface area contributed by atoms with Gasteiger partial charge in [0.25, 0.3) is 0 Å². The van der Waals surface area contributed by atoms with Crippen LogP contribution in [0.4, 0.5) is 8.78 Å².